The van der Waals surface area contributed by atoms with Gasteiger partial charge >= 0.3 is 12.3 Å². The average Bonchev–Trinajstić information content (AvgIpc) is 2.76. The molecule has 2 N–H and O–H groups in total. The Labute approximate surface area is 100 Å². The van der Waals surface area contributed by atoms with Gasteiger partial charge in [-0.05, 0) is 6.42 Å². The number of hydrogen-bond acceptors (Lipinski definition) is 5. The molecule has 0 spiro atoms. The molecule has 1 unspecified atom stereocenters. The van der Waals surface area contributed by atoms with Crippen molar-refractivity contribution in [1.29, 1.82) is 0 Å². The summed E-state index contributed by atoms with van der Waals surface area (Å²) in [5, 5.41) is 3.43. The fourth-order valence-corrected chi connectivity index (χ4v) is 0.993. The fourth-order valence-electron chi connectivity index (χ4n) is 0.993. The monoisotopic (exact) mass is 271 g/mol. The third kappa shape index (κ3) is 3.91. The Morgan fingerprint density at radius 1 is 1.44 bits per heavy atom. The van der Waals surface area contributed by atoms with E-state index in [0.29, 0.717) is 6.42 Å². The van der Waals surface area contributed by atoms with Crippen LogP contribution in [0.3, 0.4) is 0 Å². The fraction of sp³-hybridized carbons (Fsp3) is 0.778. The molecule has 18 heavy (non-hydrogen) atoms. The van der Waals surface area contributed by atoms with Crippen LogP contribution in [-0.4, -0.2) is 29.1 Å². The van der Waals surface area contributed by atoms with Crippen LogP contribution >= 0.6 is 0 Å². The molecule has 1 aromatic rings. The van der Waals surface area contributed by atoms with E-state index in [1.807, 2.05) is 0 Å². The highest BCUT2D eigenvalue weighted by Crippen LogP contribution is 2.23. The molecular weight excluding hydrogens is 258 g/mol. The van der Waals surface area contributed by atoms with Gasteiger partial charge in [0.1, 0.15) is 13.2 Å². The van der Waals surface area contributed by atoms with Gasteiger partial charge in [-0.15, -0.1) is 0 Å². The van der Waals surface area contributed by atoms with Crippen molar-refractivity contribution in [2.24, 2.45) is 5.73 Å². The molecule has 0 aliphatic rings. The van der Waals surface area contributed by atoms with E-state index < -0.39 is 31.6 Å². The number of nitrogens with zero attached hydrogens (tertiary/aromatic N) is 2. The van der Waals surface area contributed by atoms with E-state index in [9.17, 15) is 17.6 Å². The lowest BCUT2D eigenvalue weighted by atomic mass is 10.2. The zero-order chi connectivity index (χ0) is 13.8. The van der Waals surface area contributed by atoms with Gasteiger partial charge in [0.05, 0.1) is 6.04 Å². The van der Waals surface area contributed by atoms with Crippen LogP contribution in [0.4, 0.5) is 17.6 Å². The first kappa shape index (κ1) is 14.8. The third-order valence-electron chi connectivity index (χ3n) is 2.09. The molecule has 0 fully saturated rings. The predicted molar refractivity (Wildman–Crippen MR) is 52.1 cm³/mol. The Balaban J connectivity index is 2.43. The molecule has 5 nitrogen and oxygen atoms in total. The van der Waals surface area contributed by atoms with Crippen molar-refractivity contribution in [3.05, 3.63) is 11.7 Å². The zero-order valence-electron chi connectivity index (χ0n) is 9.58. The molecule has 0 aliphatic carbocycles. The van der Waals surface area contributed by atoms with Gasteiger partial charge in [-0.3, -0.25) is 0 Å². The summed E-state index contributed by atoms with van der Waals surface area (Å²) in [6.07, 6.45) is -3.21. The van der Waals surface area contributed by atoms with Gasteiger partial charge in [0.25, 0.3) is 0 Å². The van der Waals surface area contributed by atoms with Gasteiger partial charge in [0.2, 0.25) is 5.89 Å². The largest absolute Gasteiger partial charge is 0.367 e. The van der Waals surface area contributed by atoms with E-state index in [4.69, 9.17) is 10.3 Å². The first-order chi connectivity index (χ1) is 8.36. The SMILES string of the molecule is CCC(N)c1nc(COCC(F)(F)C(F)F)no1. The molecule has 9 heteroatoms. The molecule has 0 bridgehead atoms. The quantitative estimate of drug-likeness (QED) is 0.766. The Hall–Kier alpha value is -1.22. The molecule has 1 atom stereocenters. The second-order valence-electron chi connectivity index (χ2n) is 3.62. The molecule has 104 valence electrons. The molecule has 0 saturated carbocycles. The summed E-state index contributed by atoms with van der Waals surface area (Å²) in [7, 11) is 0. The van der Waals surface area contributed by atoms with Crippen LogP contribution in [0.25, 0.3) is 0 Å². The first-order valence-electron chi connectivity index (χ1n) is 5.18. The first-order valence-corrected chi connectivity index (χ1v) is 5.18. The molecule has 1 heterocycles. The minimum absolute atomic E-state index is 0.0148. The van der Waals surface area contributed by atoms with E-state index >= 15 is 0 Å². The van der Waals surface area contributed by atoms with Crippen molar-refractivity contribution in [1.82, 2.24) is 10.1 Å². The molecular formula is C9H13F4N3O2. The van der Waals surface area contributed by atoms with E-state index in [1.54, 1.807) is 6.92 Å². The number of nitrogens with two attached hydrogens (primary N) is 1. The third-order valence-corrected chi connectivity index (χ3v) is 2.09. The Morgan fingerprint density at radius 3 is 2.67 bits per heavy atom. The number of hydrogen-bond donors (Lipinski definition) is 1. The summed E-state index contributed by atoms with van der Waals surface area (Å²) < 4.78 is 57.7. The smallest absolute Gasteiger partial charge is 0.330 e. The van der Waals surface area contributed by atoms with Crippen molar-refractivity contribution in [2.45, 2.75) is 38.3 Å². The second-order valence-corrected chi connectivity index (χ2v) is 3.62. The van der Waals surface area contributed by atoms with Gasteiger partial charge in [0.15, 0.2) is 5.82 Å². The van der Waals surface area contributed by atoms with Crippen LogP contribution in [-0.2, 0) is 11.3 Å². The summed E-state index contributed by atoms with van der Waals surface area (Å²) in [5.41, 5.74) is 5.59. The number of halogens is 4. The maximum atomic E-state index is 12.5. The van der Waals surface area contributed by atoms with Crippen LogP contribution in [0, 0.1) is 0 Å². The molecule has 0 aliphatic heterocycles. The van der Waals surface area contributed by atoms with Crippen LogP contribution in [0.2, 0.25) is 0 Å². The van der Waals surface area contributed by atoms with Gasteiger partial charge in [0, 0.05) is 0 Å². The summed E-state index contributed by atoms with van der Waals surface area (Å²) in [5.74, 6) is -4.05. The summed E-state index contributed by atoms with van der Waals surface area (Å²) in [6.45, 7) is -0.0507. The lowest BCUT2D eigenvalue weighted by molar-refractivity contribution is -0.168. The highest BCUT2D eigenvalue weighted by atomic mass is 19.3. The molecule has 0 saturated heterocycles. The van der Waals surface area contributed by atoms with Crippen LogP contribution in [0.5, 0.6) is 0 Å². The molecule has 1 aromatic heterocycles. The maximum absolute atomic E-state index is 12.5. The number of rotatable bonds is 7. The van der Waals surface area contributed by atoms with E-state index in [2.05, 4.69) is 14.9 Å². The Bertz CT molecular complexity index is 372. The lowest BCUT2D eigenvalue weighted by Crippen LogP contribution is -2.32. The summed E-state index contributed by atoms with van der Waals surface area (Å²) in [6, 6.07) is -0.450. The standard InChI is InChI=1S/C9H13F4N3O2/c1-2-5(14)7-15-6(16-18-7)3-17-4-9(12,13)8(10)11/h5,8H,2-4,14H2,1H3. The number of alkyl halides is 4. The lowest BCUT2D eigenvalue weighted by Gasteiger charge is -2.14. The van der Waals surface area contributed by atoms with Gasteiger partial charge in [-0.2, -0.15) is 13.8 Å². The summed E-state index contributed by atoms with van der Waals surface area (Å²) >= 11 is 0. The normalized spacial score (nSPS) is 14.2. The Morgan fingerprint density at radius 2 is 2.11 bits per heavy atom. The van der Waals surface area contributed by atoms with Crippen molar-refractivity contribution in [2.75, 3.05) is 6.61 Å². The van der Waals surface area contributed by atoms with E-state index in [-0.39, 0.29) is 11.7 Å². The van der Waals surface area contributed by atoms with Crippen molar-refractivity contribution >= 4 is 0 Å². The van der Waals surface area contributed by atoms with Crippen LogP contribution in [0.15, 0.2) is 4.52 Å². The van der Waals surface area contributed by atoms with Gasteiger partial charge < -0.3 is 15.0 Å². The average molecular weight is 271 g/mol. The minimum Gasteiger partial charge on any atom is -0.367 e. The molecule has 0 amide bonds. The zero-order valence-corrected chi connectivity index (χ0v) is 9.58. The van der Waals surface area contributed by atoms with Gasteiger partial charge in [-0.25, -0.2) is 8.78 Å². The highest BCUT2D eigenvalue weighted by molar-refractivity contribution is 4.90. The van der Waals surface area contributed by atoms with Crippen LogP contribution in [0.1, 0.15) is 31.1 Å². The highest BCUT2D eigenvalue weighted by Gasteiger charge is 2.41. The Kier molecular flexibility index (Phi) is 5.03. The van der Waals surface area contributed by atoms with Crippen molar-refractivity contribution in [3.63, 3.8) is 0 Å². The van der Waals surface area contributed by atoms with Crippen LogP contribution < -0.4 is 5.73 Å². The predicted octanol–water partition coefficient (Wildman–Crippen LogP) is 1.90. The number of ether oxygens (including phenoxy) is 1. The summed E-state index contributed by atoms with van der Waals surface area (Å²) in [4.78, 5) is 3.79. The van der Waals surface area contributed by atoms with Gasteiger partial charge in [-0.1, -0.05) is 12.1 Å². The minimum atomic E-state index is -4.19. The maximum Gasteiger partial charge on any atom is 0.330 e. The molecule has 1 rings (SSSR count). The van der Waals surface area contributed by atoms with Crippen molar-refractivity contribution in [3.8, 4) is 0 Å². The second kappa shape index (κ2) is 6.10. The van der Waals surface area contributed by atoms with E-state index in [0.717, 1.165) is 0 Å². The molecule has 0 radical (unpaired) electrons. The molecule has 0 aromatic carbocycles. The van der Waals surface area contributed by atoms with Crippen molar-refractivity contribution < 1.29 is 26.8 Å². The van der Waals surface area contributed by atoms with E-state index in [1.165, 1.54) is 0 Å². The topological polar surface area (TPSA) is 74.2 Å². The number of aromatic nitrogens is 2.